The highest BCUT2D eigenvalue weighted by Gasteiger charge is 2.17. The van der Waals surface area contributed by atoms with E-state index in [1.807, 2.05) is 64.1 Å². The van der Waals surface area contributed by atoms with Crippen molar-refractivity contribution in [2.45, 2.75) is 40.2 Å². The molecule has 1 aromatic heterocycles. The summed E-state index contributed by atoms with van der Waals surface area (Å²) in [6.07, 6.45) is 0.311. The average molecular weight is 438 g/mol. The summed E-state index contributed by atoms with van der Waals surface area (Å²) in [5, 5.41) is 6.57. The van der Waals surface area contributed by atoms with Crippen molar-refractivity contribution in [1.82, 2.24) is 10.3 Å². The molecule has 3 rings (SSSR count). The summed E-state index contributed by atoms with van der Waals surface area (Å²) >= 11 is 1.36. The lowest BCUT2D eigenvalue weighted by Gasteiger charge is -2.09. The molecule has 0 aliphatic rings. The third-order valence-corrected chi connectivity index (χ3v) is 5.65. The fourth-order valence-corrected chi connectivity index (χ4v) is 4.01. The van der Waals surface area contributed by atoms with Gasteiger partial charge in [-0.25, -0.2) is 4.98 Å². The second-order valence-electron chi connectivity index (χ2n) is 7.44. The molecule has 0 bridgehead atoms. The highest BCUT2D eigenvalue weighted by Crippen LogP contribution is 2.29. The van der Waals surface area contributed by atoms with Crippen molar-refractivity contribution >= 4 is 28.8 Å². The second-order valence-corrected chi connectivity index (χ2v) is 8.44. The molecule has 0 radical (unpaired) electrons. The third kappa shape index (κ3) is 6.15. The lowest BCUT2D eigenvalue weighted by molar-refractivity contribution is -0.120. The number of hydrogen-bond acceptors (Lipinski definition) is 5. The summed E-state index contributed by atoms with van der Waals surface area (Å²) in [5.74, 6) is 0.592. The van der Waals surface area contributed by atoms with E-state index < -0.39 is 0 Å². The standard InChI is InChI=1S/C24H27N3O3S/c1-5-30-20-12-8-18(9-13-20)24-26-16(4)22(31-24)23(29)27-19-10-6-17(7-11-19)14-21(28)25-15(2)3/h6-13,15H,5,14H2,1-4H3,(H,25,28)(H,27,29). The Morgan fingerprint density at radius 3 is 2.35 bits per heavy atom. The maximum Gasteiger partial charge on any atom is 0.267 e. The predicted octanol–water partition coefficient (Wildman–Crippen LogP) is 4.84. The Morgan fingerprint density at radius 2 is 1.74 bits per heavy atom. The van der Waals surface area contributed by atoms with E-state index in [9.17, 15) is 9.59 Å². The second kappa shape index (κ2) is 10.2. The largest absolute Gasteiger partial charge is 0.494 e. The fourth-order valence-electron chi connectivity index (χ4n) is 3.04. The van der Waals surface area contributed by atoms with Crippen LogP contribution in [-0.2, 0) is 11.2 Å². The summed E-state index contributed by atoms with van der Waals surface area (Å²) in [5.41, 5.74) is 3.20. The van der Waals surface area contributed by atoms with Crippen molar-refractivity contribution in [2.24, 2.45) is 0 Å². The summed E-state index contributed by atoms with van der Waals surface area (Å²) in [4.78, 5) is 29.8. The van der Waals surface area contributed by atoms with Gasteiger partial charge >= 0.3 is 0 Å². The van der Waals surface area contributed by atoms with E-state index in [4.69, 9.17) is 4.74 Å². The monoisotopic (exact) mass is 437 g/mol. The van der Waals surface area contributed by atoms with Crippen LogP contribution in [0, 0.1) is 6.92 Å². The molecule has 7 heteroatoms. The summed E-state index contributed by atoms with van der Waals surface area (Å²) in [6, 6.07) is 15.1. The number of aromatic nitrogens is 1. The lowest BCUT2D eigenvalue weighted by Crippen LogP contribution is -2.31. The first-order valence-electron chi connectivity index (χ1n) is 10.3. The van der Waals surface area contributed by atoms with Crippen molar-refractivity contribution in [3.8, 4) is 16.3 Å². The Bertz CT molecular complexity index is 1040. The quantitative estimate of drug-likeness (QED) is 0.529. The molecule has 0 unspecified atom stereocenters. The predicted molar refractivity (Wildman–Crippen MR) is 125 cm³/mol. The van der Waals surface area contributed by atoms with Crippen molar-refractivity contribution in [2.75, 3.05) is 11.9 Å². The van der Waals surface area contributed by atoms with E-state index >= 15 is 0 Å². The highest BCUT2D eigenvalue weighted by molar-refractivity contribution is 7.17. The zero-order chi connectivity index (χ0) is 22.4. The van der Waals surface area contributed by atoms with Crippen LogP contribution in [0.15, 0.2) is 48.5 Å². The molecule has 0 atom stereocenters. The first-order chi connectivity index (χ1) is 14.9. The van der Waals surface area contributed by atoms with Gasteiger partial charge in [-0.15, -0.1) is 11.3 Å². The van der Waals surface area contributed by atoms with Gasteiger partial charge in [0.25, 0.3) is 5.91 Å². The minimum atomic E-state index is -0.197. The van der Waals surface area contributed by atoms with Crippen molar-refractivity contribution in [3.05, 3.63) is 64.7 Å². The first kappa shape index (κ1) is 22.5. The molecule has 2 N–H and O–H groups in total. The van der Waals surface area contributed by atoms with E-state index in [1.54, 1.807) is 12.1 Å². The van der Waals surface area contributed by atoms with Gasteiger partial charge in [-0.05, 0) is 69.7 Å². The maximum atomic E-state index is 12.8. The molecule has 0 saturated carbocycles. The Labute approximate surface area is 186 Å². The number of nitrogens with zero attached hydrogens (tertiary/aromatic N) is 1. The molecular weight excluding hydrogens is 410 g/mol. The van der Waals surface area contributed by atoms with E-state index in [1.165, 1.54) is 11.3 Å². The van der Waals surface area contributed by atoms with Gasteiger partial charge in [0, 0.05) is 17.3 Å². The van der Waals surface area contributed by atoms with Crippen LogP contribution in [0.3, 0.4) is 0 Å². The number of carbonyl (C=O) groups is 2. The SMILES string of the molecule is CCOc1ccc(-c2nc(C)c(C(=O)Nc3ccc(CC(=O)NC(C)C)cc3)s2)cc1. The van der Waals surface area contributed by atoms with Crippen molar-refractivity contribution < 1.29 is 14.3 Å². The van der Waals surface area contributed by atoms with E-state index in [0.717, 1.165) is 21.9 Å². The number of ether oxygens (including phenoxy) is 1. The Morgan fingerprint density at radius 1 is 1.06 bits per heavy atom. The highest BCUT2D eigenvalue weighted by atomic mass is 32.1. The van der Waals surface area contributed by atoms with Gasteiger partial charge in [0.2, 0.25) is 5.91 Å². The molecule has 2 aromatic carbocycles. The summed E-state index contributed by atoms with van der Waals surface area (Å²) in [6.45, 7) is 8.25. The van der Waals surface area contributed by atoms with Crippen LogP contribution in [0.1, 0.15) is 41.7 Å². The van der Waals surface area contributed by atoms with Crippen LogP contribution in [0.25, 0.3) is 10.6 Å². The van der Waals surface area contributed by atoms with Gasteiger partial charge in [-0.1, -0.05) is 12.1 Å². The number of thiazole rings is 1. The van der Waals surface area contributed by atoms with Gasteiger partial charge in [-0.3, -0.25) is 9.59 Å². The van der Waals surface area contributed by atoms with Crippen LogP contribution in [0.2, 0.25) is 0 Å². The Balaban J connectivity index is 1.66. The Kier molecular flexibility index (Phi) is 7.41. The molecule has 31 heavy (non-hydrogen) atoms. The van der Waals surface area contributed by atoms with E-state index in [2.05, 4.69) is 15.6 Å². The lowest BCUT2D eigenvalue weighted by atomic mass is 10.1. The van der Waals surface area contributed by atoms with Crippen LogP contribution in [-0.4, -0.2) is 29.4 Å². The molecule has 0 aliphatic carbocycles. The topological polar surface area (TPSA) is 80.3 Å². The van der Waals surface area contributed by atoms with E-state index in [-0.39, 0.29) is 17.9 Å². The number of aryl methyl sites for hydroxylation is 1. The van der Waals surface area contributed by atoms with Crippen molar-refractivity contribution in [1.29, 1.82) is 0 Å². The van der Waals surface area contributed by atoms with Gasteiger partial charge < -0.3 is 15.4 Å². The number of carbonyl (C=O) groups excluding carboxylic acids is 2. The van der Waals surface area contributed by atoms with Crippen LogP contribution in [0.4, 0.5) is 5.69 Å². The fraction of sp³-hybridized carbons (Fsp3) is 0.292. The zero-order valence-electron chi connectivity index (χ0n) is 18.2. The van der Waals surface area contributed by atoms with Gasteiger partial charge in [0.1, 0.15) is 15.6 Å². The molecular formula is C24H27N3O3S. The molecule has 3 aromatic rings. The maximum absolute atomic E-state index is 12.8. The average Bonchev–Trinajstić information content (AvgIpc) is 3.11. The van der Waals surface area contributed by atoms with Crippen LogP contribution < -0.4 is 15.4 Å². The minimum absolute atomic E-state index is 0.0195. The summed E-state index contributed by atoms with van der Waals surface area (Å²) in [7, 11) is 0. The molecule has 0 spiro atoms. The zero-order valence-corrected chi connectivity index (χ0v) is 19.0. The van der Waals surface area contributed by atoms with Gasteiger partial charge in [-0.2, -0.15) is 0 Å². The van der Waals surface area contributed by atoms with Gasteiger partial charge in [0.15, 0.2) is 0 Å². The van der Waals surface area contributed by atoms with Gasteiger partial charge in [0.05, 0.1) is 18.7 Å². The first-order valence-corrected chi connectivity index (χ1v) is 11.1. The number of rotatable bonds is 8. The third-order valence-electron chi connectivity index (χ3n) is 4.44. The van der Waals surface area contributed by atoms with Crippen LogP contribution in [0.5, 0.6) is 5.75 Å². The van der Waals surface area contributed by atoms with Crippen molar-refractivity contribution in [3.63, 3.8) is 0 Å². The number of anilines is 1. The molecule has 6 nitrogen and oxygen atoms in total. The molecule has 162 valence electrons. The normalized spacial score (nSPS) is 10.7. The van der Waals surface area contributed by atoms with Crippen LogP contribution >= 0.6 is 11.3 Å². The summed E-state index contributed by atoms with van der Waals surface area (Å²) < 4.78 is 5.47. The number of benzene rings is 2. The number of nitrogens with one attached hydrogen (secondary N) is 2. The molecule has 2 amide bonds. The number of amides is 2. The van der Waals surface area contributed by atoms with E-state index in [0.29, 0.717) is 29.3 Å². The number of hydrogen-bond donors (Lipinski definition) is 2. The Hall–Kier alpha value is -3.19. The molecule has 1 heterocycles. The smallest absolute Gasteiger partial charge is 0.267 e. The molecule has 0 aliphatic heterocycles. The molecule has 0 fully saturated rings. The minimum Gasteiger partial charge on any atom is -0.494 e. The molecule has 0 saturated heterocycles.